The molecule has 15 heteroatoms. The number of nitrogens with zero attached hydrogens (tertiary/aromatic N) is 3. The standard InChI is InChI=1S/C25H21Cl2FN6O6/c1-11-6-5-7-13(18(11)28)14-10-17(31-32-21(14)35)39-19-15(26)8-12(9-16(19)27)34-23(37)30-22(36)20(33-34)29-24(38)40-25(2,3)4/h5-10H,1-4H3,(H,32,35)(H,29,33,38)(H,30,36,37). The number of carbonyl (C=O) groups is 1. The molecule has 0 saturated heterocycles. The molecular weight excluding hydrogens is 570 g/mol. The van der Waals surface area contributed by atoms with Crippen molar-refractivity contribution in [2.75, 3.05) is 5.32 Å². The van der Waals surface area contributed by atoms with Crippen LogP contribution in [0.15, 0.2) is 50.8 Å². The van der Waals surface area contributed by atoms with Crippen molar-refractivity contribution in [2.45, 2.75) is 33.3 Å². The first-order valence-electron chi connectivity index (χ1n) is 11.5. The molecule has 0 aliphatic heterocycles. The van der Waals surface area contributed by atoms with Gasteiger partial charge >= 0.3 is 11.8 Å². The van der Waals surface area contributed by atoms with Crippen molar-refractivity contribution in [2.24, 2.45) is 0 Å². The quantitative estimate of drug-likeness (QED) is 0.304. The van der Waals surface area contributed by atoms with Gasteiger partial charge in [0.25, 0.3) is 11.1 Å². The fourth-order valence-corrected chi connectivity index (χ4v) is 3.98. The van der Waals surface area contributed by atoms with Crippen molar-refractivity contribution in [3.05, 3.63) is 89.0 Å². The highest BCUT2D eigenvalue weighted by Gasteiger charge is 2.20. The number of aromatic nitrogens is 5. The zero-order valence-electron chi connectivity index (χ0n) is 21.4. The maximum absolute atomic E-state index is 14.6. The molecule has 40 heavy (non-hydrogen) atoms. The molecule has 0 atom stereocenters. The summed E-state index contributed by atoms with van der Waals surface area (Å²) in [7, 11) is 0. The lowest BCUT2D eigenvalue weighted by molar-refractivity contribution is 0.0634. The third-order valence-corrected chi connectivity index (χ3v) is 5.71. The zero-order chi connectivity index (χ0) is 29.4. The van der Waals surface area contributed by atoms with Gasteiger partial charge in [-0.3, -0.25) is 19.9 Å². The summed E-state index contributed by atoms with van der Waals surface area (Å²) in [4.78, 5) is 51.1. The highest BCUT2D eigenvalue weighted by molar-refractivity contribution is 6.37. The molecule has 2 aromatic carbocycles. The molecule has 4 rings (SSSR count). The number of carbonyl (C=O) groups excluding carboxylic acids is 1. The Hall–Kier alpha value is -4.49. The average Bonchev–Trinajstić information content (AvgIpc) is 2.84. The Bertz CT molecular complexity index is 1790. The highest BCUT2D eigenvalue weighted by Crippen LogP contribution is 2.38. The Kier molecular flexibility index (Phi) is 7.80. The van der Waals surface area contributed by atoms with Gasteiger partial charge < -0.3 is 9.47 Å². The number of hydrogen-bond acceptors (Lipinski definition) is 8. The van der Waals surface area contributed by atoms with E-state index in [9.17, 15) is 23.6 Å². The van der Waals surface area contributed by atoms with Crippen LogP contribution in [0.2, 0.25) is 10.0 Å². The number of H-pyrrole nitrogens is 2. The fraction of sp³-hybridized carbons (Fsp3) is 0.200. The number of halogens is 3. The van der Waals surface area contributed by atoms with Crippen LogP contribution in [-0.4, -0.2) is 36.7 Å². The number of hydrogen-bond donors (Lipinski definition) is 3. The molecule has 0 saturated carbocycles. The third-order valence-electron chi connectivity index (χ3n) is 5.14. The van der Waals surface area contributed by atoms with E-state index in [0.29, 0.717) is 5.56 Å². The lowest BCUT2D eigenvalue weighted by Gasteiger charge is -2.19. The van der Waals surface area contributed by atoms with Gasteiger partial charge in [-0.25, -0.2) is 19.1 Å². The van der Waals surface area contributed by atoms with Crippen molar-refractivity contribution >= 4 is 35.1 Å². The van der Waals surface area contributed by atoms with E-state index in [1.165, 1.54) is 24.3 Å². The molecule has 1 amide bonds. The van der Waals surface area contributed by atoms with Crippen LogP contribution in [0.4, 0.5) is 15.0 Å². The van der Waals surface area contributed by atoms with Gasteiger partial charge in [0.15, 0.2) is 5.75 Å². The summed E-state index contributed by atoms with van der Waals surface area (Å²) in [5, 5.41) is 11.9. The zero-order valence-corrected chi connectivity index (χ0v) is 22.9. The van der Waals surface area contributed by atoms with Crippen LogP contribution >= 0.6 is 23.2 Å². The molecule has 2 aromatic heterocycles. The van der Waals surface area contributed by atoms with Crippen molar-refractivity contribution in [1.82, 2.24) is 25.0 Å². The minimum Gasteiger partial charge on any atom is -0.444 e. The van der Waals surface area contributed by atoms with Crippen molar-refractivity contribution in [1.29, 1.82) is 0 Å². The summed E-state index contributed by atoms with van der Waals surface area (Å²) in [5.41, 5.74) is -3.06. The summed E-state index contributed by atoms with van der Waals surface area (Å²) < 4.78 is 26.2. The Balaban J connectivity index is 1.68. The summed E-state index contributed by atoms with van der Waals surface area (Å²) in [6.45, 7) is 6.45. The number of nitrogens with one attached hydrogen (secondary N) is 3. The van der Waals surface area contributed by atoms with E-state index in [0.717, 1.165) is 4.68 Å². The summed E-state index contributed by atoms with van der Waals surface area (Å²) >= 11 is 12.7. The fourth-order valence-electron chi connectivity index (χ4n) is 3.42. The number of ether oxygens (including phenoxy) is 2. The van der Waals surface area contributed by atoms with Crippen LogP contribution in [0.3, 0.4) is 0 Å². The second-order valence-electron chi connectivity index (χ2n) is 9.37. The van der Waals surface area contributed by atoms with Crippen molar-refractivity contribution in [3.63, 3.8) is 0 Å². The maximum Gasteiger partial charge on any atom is 0.413 e. The van der Waals surface area contributed by atoms with E-state index in [-0.39, 0.29) is 38.5 Å². The molecular formula is C25H21Cl2FN6O6. The van der Waals surface area contributed by atoms with E-state index in [1.54, 1.807) is 39.8 Å². The number of rotatable bonds is 5. The SMILES string of the molecule is Cc1cccc(-c2cc(Oc3c(Cl)cc(-n4nc(NC(=O)OC(C)(C)C)c(=O)[nH]c4=O)cc3Cl)n[nH]c2=O)c1F. The van der Waals surface area contributed by atoms with Crippen LogP contribution in [-0.2, 0) is 4.74 Å². The van der Waals surface area contributed by atoms with Gasteiger partial charge in [-0.2, -0.15) is 4.68 Å². The molecule has 0 spiro atoms. The van der Waals surface area contributed by atoms with Crippen molar-refractivity contribution in [3.8, 4) is 28.4 Å². The molecule has 0 bridgehead atoms. The van der Waals surface area contributed by atoms with Crippen LogP contribution in [0.5, 0.6) is 11.6 Å². The van der Waals surface area contributed by atoms with Crippen molar-refractivity contribution < 1.29 is 18.7 Å². The Morgan fingerprint density at radius 3 is 2.38 bits per heavy atom. The van der Waals surface area contributed by atoms with Crippen LogP contribution in [0.25, 0.3) is 16.8 Å². The Labute approximate surface area is 234 Å². The topological polar surface area (TPSA) is 161 Å². The number of aryl methyl sites for hydroxylation is 1. The molecule has 12 nitrogen and oxygen atoms in total. The second-order valence-corrected chi connectivity index (χ2v) is 10.2. The maximum atomic E-state index is 14.6. The lowest BCUT2D eigenvalue weighted by atomic mass is 10.0. The molecule has 2 heterocycles. The molecule has 208 valence electrons. The molecule has 0 aliphatic rings. The monoisotopic (exact) mass is 590 g/mol. The van der Waals surface area contributed by atoms with E-state index in [2.05, 4.69) is 20.6 Å². The molecule has 4 aromatic rings. The van der Waals surface area contributed by atoms with Gasteiger partial charge in [-0.1, -0.05) is 41.4 Å². The summed E-state index contributed by atoms with van der Waals surface area (Å²) in [6.07, 6.45) is -0.964. The molecule has 3 N–H and O–H groups in total. The number of anilines is 1. The largest absolute Gasteiger partial charge is 0.444 e. The van der Waals surface area contributed by atoms with E-state index in [1.807, 2.05) is 4.98 Å². The number of benzene rings is 2. The third kappa shape index (κ3) is 6.21. The lowest BCUT2D eigenvalue weighted by Crippen LogP contribution is -2.36. The van der Waals surface area contributed by atoms with E-state index >= 15 is 0 Å². The van der Waals surface area contributed by atoms with Crippen LogP contribution in [0, 0.1) is 12.7 Å². The molecule has 0 radical (unpaired) electrons. The van der Waals surface area contributed by atoms with Gasteiger partial charge in [0.2, 0.25) is 11.7 Å². The van der Waals surface area contributed by atoms with E-state index < -0.39 is 40.1 Å². The first kappa shape index (κ1) is 28.5. The predicted octanol–water partition coefficient (Wildman–Crippen LogP) is 4.56. The molecule has 0 fully saturated rings. The minimum atomic E-state index is -0.964. The Morgan fingerprint density at radius 2 is 1.73 bits per heavy atom. The van der Waals surface area contributed by atoms with Gasteiger partial charge in [-0.15, -0.1) is 10.2 Å². The summed E-state index contributed by atoms with van der Waals surface area (Å²) in [5.74, 6) is -1.36. The first-order valence-corrected chi connectivity index (χ1v) is 12.2. The van der Waals surface area contributed by atoms with Gasteiger partial charge in [0.05, 0.1) is 21.3 Å². The molecule has 0 aliphatic carbocycles. The first-order chi connectivity index (χ1) is 18.7. The van der Waals surface area contributed by atoms with Gasteiger partial charge in [0.1, 0.15) is 11.4 Å². The Morgan fingerprint density at radius 1 is 1.05 bits per heavy atom. The van der Waals surface area contributed by atoms with E-state index in [4.69, 9.17) is 32.7 Å². The van der Waals surface area contributed by atoms with Gasteiger partial charge in [0, 0.05) is 11.6 Å². The average molecular weight is 591 g/mol. The summed E-state index contributed by atoms with van der Waals surface area (Å²) in [6, 6.07) is 8.32. The normalized spacial score (nSPS) is 11.3. The number of amides is 1. The van der Waals surface area contributed by atoms with Crippen LogP contribution < -0.4 is 26.9 Å². The van der Waals surface area contributed by atoms with Gasteiger partial charge in [-0.05, 0) is 45.4 Å². The predicted molar refractivity (Wildman–Crippen MR) is 145 cm³/mol. The van der Waals surface area contributed by atoms with Crippen LogP contribution in [0.1, 0.15) is 26.3 Å². The molecule has 0 unspecified atom stereocenters. The smallest absolute Gasteiger partial charge is 0.413 e. The second kappa shape index (κ2) is 10.9. The minimum absolute atomic E-state index is 0.00721. The number of aromatic amines is 2. The highest BCUT2D eigenvalue weighted by atomic mass is 35.5.